The molecule has 2 aliphatic rings. The molecule has 0 amide bonds. The zero-order valence-corrected chi connectivity index (χ0v) is 16.8. The number of hydrogen-bond acceptors (Lipinski definition) is 4. The number of rotatable bonds is 5. The summed E-state index contributed by atoms with van der Waals surface area (Å²) < 4.78 is 17.5. The van der Waals surface area contributed by atoms with Gasteiger partial charge in [0.25, 0.3) is 0 Å². The van der Waals surface area contributed by atoms with Crippen LogP contribution in [-0.4, -0.2) is 12.4 Å². The Kier molecular flexibility index (Phi) is 4.89. The highest BCUT2D eigenvalue weighted by atomic mass is 16.5. The summed E-state index contributed by atoms with van der Waals surface area (Å²) in [7, 11) is 0. The second-order valence-corrected chi connectivity index (χ2v) is 7.38. The molecule has 0 N–H and O–H groups in total. The minimum Gasteiger partial charge on any atom is -0.489 e. The number of ketones is 1. The quantitative estimate of drug-likeness (QED) is 0.497. The smallest absolute Gasteiger partial charge is 0.231 e. The van der Waals surface area contributed by atoms with E-state index in [9.17, 15) is 4.79 Å². The van der Waals surface area contributed by atoms with Crippen molar-refractivity contribution in [3.8, 4) is 17.2 Å². The molecule has 31 heavy (non-hydrogen) atoms. The van der Waals surface area contributed by atoms with Crippen LogP contribution < -0.4 is 14.2 Å². The van der Waals surface area contributed by atoms with Crippen molar-refractivity contribution in [2.45, 2.75) is 6.61 Å². The van der Waals surface area contributed by atoms with Crippen LogP contribution >= 0.6 is 0 Å². The van der Waals surface area contributed by atoms with Crippen molar-refractivity contribution in [2.24, 2.45) is 0 Å². The van der Waals surface area contributed by atoms with Gasteiger partial charge in [-0.25, -0.2) is 0 Å². The van der Waals surface area contributed by atoms with Crippen molar-refractivity contribution < 1.29 is 19.0 Å². The molecule has 5 rings (SSSR count). The predicted octanol–water partition coefficient (Wildman–Crippen LogP) is 5.84. The van der Waals surface area contributed by atoms with Gasteiger partial charge in [-0.15, -0.1) is 0 Å². The number of carbonyl (C=O) groups excluding carboxylic acids is 1. The first-order chi connectivity index (χ1) is 15.2. The van der Waals surface area contributed by atoms with Crippen molar-refractivity contribution in [2.75, 3.05) is 6.61 Å². The maximum atomic E-state index is 12.8. The van der Waals surface area contributed by atoms with Crippen LogP contribution in [0.5, 0.6) is 17.2 Å². The van der Waals surface area contributed by atoms with Crippen LogP contribution in [0.4, 0.5) is 0 Å². The molecule has 0 aromatic heterocycles. The number of Topliss-reactive ketones (excluding diaryl/α,β-unsaturated/α-hetero) is 1. The lowest BCUT2D eigenvalue weighted by molar-refractivity contribution is 0.101. The normalized spacial score (nSPS) is 15.4. The van der Waals surface area contributed by atoms with E-state index in [2.05, 4.69) is 6.58 Å². The van der Waals surface area contributed by atoms with Crippen LogP contribution in [0.25, 0.3) is 12.2 Å². The van der Waals surface area contributed by atoms with E-state index in [1.54, 1.807) is 30.4 Å². The van der Waals surface area contributed by atoms with Crippen LogP contribution in [0.2, 0.25) is 0 Å². The highest BCUT2D eigenvalue weighted by Crippen LogP contribution is 2.35. The van der Waals surface area contributed by atoms with Crippen molar-refractivity contribution in [3.05, 3.63) is 113 Å². The lowest BCUT2D eigenvalue weighted by Crippen LogP contribution is -2.08. The molecule has 0 aliphatic carbocycles. The molecule has 3 aromatic carbocycles. The number of carbonyl (C=O) groups is 1. The van der Waals surface area contributed by atoms with Crippen LogP contribution in [0.15, 0.2) is 90.7 Å². The Bertz CT molecular complexity index is 1230. The van der Waals surface area contributed by atoms with Gasteiger partial charge in [-0.3, -0.25) is 4.79 Å². The standard InChI is InChI=1S/C27H20O4/c1-2-18-7-9-19(10-8-18)16-29-22-11-12-23-25(15-22)31-26(27(23)28)14-20-13-21-5-3-4-6-24(21)30-17-20/h2-15H,1,16-17H2/b26-14-. The van der Waals surface area contributed by atoms with E-state index in [4.69, 9.17) is 14.2 Å². The van der Waals surface area contributed by atoms with Crippen LogP contribution in [0.3, 0.4) is 0 Å². The van der Waals surface area contributed by atoms with Crippen molar-refractivity contribution in [3.63, 3.8) is 0 Å². The summed E-state index contributed by atoms with van der Waals surface area (Å²) in [6.45, 7) is 4.58. The van der Waals surface area contributed by atoms with Gasteiger partial charge in [-0.05, 0) is 47.1 Å². The fraction of sp³-hybridized carbons (Fsp3) is 0.0741. The minimum atomic E-state index is -0.138. The molecule has 4 heteroatoms. The second-order valence-electron chi connectivity index (χ2n) is 7.38. The van der Waals surface area contributed by atoms with E-state index in [0.717, 1.165) is 28.0 Å². The van der Waals surface area contributed by atoms with Crippen molar-refractivity contribution in [1.82, 2.24) is 0 Å². The first-order valence-corrected chi connectivity index (χ1v) is 10.0. The molecule has 0 radical (unpaired) electrons. The molecule has 0 saturated carbocycles. The van der Waals surface area contributed by atoms with Gasteiger partial charge in [0.2, 0.25) is 5.78 Å². The number of fused-ring (bicyclic) bond motifs is 2. The maximum absolute atomic E-state index is 12.8. The molecule has 2 aliphatic heterocycles. The third kappa shape index (κ3) is 3.88. The lowest BCUT2D eigenvalue weighted by Gasteiger charge is -2.15. The Morgan fingerprint density at radius 3 is 2.68 bits per heavy atom. The highest BCUT2D eigenvalue weighted by molar-refractivity contribution is 6.12. The Morgan fingerprint density at radius 1 is 1.00 bits per heavy atom. The summed E-state index contributed by atoms with van der Waals surface area (Å²) in [5, 5.41) is 0. The van der Waals surface area contributed by atoms with Gasteiger partial charge in [0.15, 0.2) is 5.76 Å². The monoisotopic (exact) mass is 408 g/mol. The zero-order chi connectivity index (χ0) is 21.2. The zero-order valence-electron chi connectivity index (χ0n) is 16.8. The number of ether oxygens (including phenoxy) is 3. The molecule has 3 aromatic rings. The maximum Gasteiger partial charge on any atom is 0.231 e. The van der Waals surface area contributed by atoms with E-state index in [0.29, 0.717) is 36.0 Å². The summed E-state index contributed by atoms with van der Waals surface area (Å²) in [6.07, 6.45) is 5.57. The van der Waals surface area contributed by atoms with E-state index in [1.165, 1.54) is 0 Å². The summed E-state index contributed by atoms with van der Waals surface area (Å²) in [6, 6.07) is 21.1. The average Bonchev–Trinajstić information content (AvgIpc) is 3.12. The van der Waals surface area contributed by atoms with Crippen LogP contribution in [0.1, 0.15) is 27.0 Å². The Morgan fingerprint density at radius 2 is 1.84 bits per heavy atom. The number of benzene rings is 3. The summed E-state index contributed by atoms with van der Waals surface area (Å²) >= 11 is 0. The Labute approximate surface area is 180 Å². The SMILES string of the molecule is C=Cc1ccc(COc2ccc3c(c2)O/C(=C\C2=Cc4ccccc4OC2)C3=O)cc1. The van der Waals surface area contributed by atoms with E-state index in [1.807, 2.05) is 54.6 Å². The van der Waals surface area contributed by atoms with E-state index in [-0.39, 0.29) is 5.78 Å². The van der Waals surface area contributed by atoms with E-state index >= 15 is 0 Å². The highest BCUT2D eigenvalue weighted by Gasteiger charge is 2.28. The number of para-hydroxylation sites is 1. The van der Waals surface area contributed by atoms with Gasteiger partial charge in [0.1, 0.15) is 30.5 Å². The lowest BCUT2D eigenvalue weighted by atomic mass is 10.1. The fourth-order valence-electron chi connectivity index (χ4n) is 3.56. The summed E-state index contributed by atoms with van der Waals surface area (Å²) in [5.41, 5.74) is 4.52. The van der Waals surface area contributed by atoms with Gasteiger partial charge in [-0.2, -0.15) is 0 Å². The molecule has 0 atom stereocenters. The van der Waals surface area contributed by atoms with Crippen LogP contribution in [0, 0.1) is 0 Å². The van der Waals surface area contributed by atoms with Gasteiger partial charge in [0, 0.05) is 11.6 Å². The summed E-state index contributed by atoms with van der Waals surface area (Å²) in [4.78, 5) is 12.8. The first-order valence-electron chi connectivity index (χ1n) is 10.0. The molecule has 0 unspecified atom stereocenters. The Hall–Kier alpha value is -4.05. The largest absolute Gasteiger partial charge is 0.489 e. The topological polar surface area (TPSA) is 44.8 Å². The Balaban J connectivity index is 1.31. The molecule has 0 spiro atoms. The molecule has 0 bridgehead atoms. The number of hydrogen-bond donors (Lipinski definition) is 0. The van der Waals surface area contributed by atoms with E-state index < -0.39 is 0 Å². The molecule has 4 nitrogen and oxygen atoms in total. The van der Waals surface area contributed by atoms with Gasteiger partial charge in [-0.1, -0.05) is 55.1 Å². The fourth-order valence-corrected chi connectivity index (χ4v) is 3.56. The van der Waals surface area contributed by atoms with Crippen molar-refractivity contribution in [1.29, 1.82) is 0 Å². The van der Waals surface area contributed by atoms with Gasteiger partial charge < -0.3 is 14.2 Å². The summed E-state index contributed by atoms with van der Waals surface area (Å²) in [5.74, 6) is 2.15. The molecular formula is C27H20O4. The molecule has 2 heterocycles. The predicted molar refractivity (Wildman–Crippen MR) is 120 cm³/mol. The second kappa shape index (κ2) is 8.00. The number of allylic oxidation sites excluding steroid dienone is 1. The first kappa shape index (κ1) is 18.9. The third-order valence-electron chi connectivity index (χ3n) is 5.23. The third-order valence-corrected chi connectivity index (χ3v) is 5.23. The van der Waals surface area contributed by atoms with Gasteiger partial charge >= 0.3 is 0 Å². The molecule has 0 saturated heterocycles. The average molecular weight is 408 g/mol. The van der Waals surface area contributed by atoms with Crippen LogP contribution in [-0.2, 0) is 6.61 Å². The van der Waals surface area contributed by atoms with Crippen molar-refractivity contribution >= 4 is 17.9 Å². The minimum absolute atomic E-state index is 0.138. The van der Waals surface area contributed by atoms with Gasteiger partial charge in [0.05, 0.1) is 5.56 Å². The molecular weight excluding hydrogens is 388 g/mol. The molecule has 152 valence electrons. The molecule has 0 fully saturated rings.